The van der Waals surface area contributed by atoms with Gasteiger partial charge in [-0.05, 0) is 37.3 Å². The van der Waals surface area contributed by atoms with Gasteiger partial charge < -0.3 is 9.84 Å². The van der Waals surface area contributed by atoms with E-state index in [0.29, 0.717) is 0 Å². The van der Waals surface area contributed by atoms with E-state index in [1.807, 2.05) is 0 Å². The summed E-state index contributed by atoms with van der Waals surface area (Å²) in [6.45, 7) is 1.93. The number of aryl methyl sites for hydroxylation is 2. The molecular formula is C13H22O2. The standard InChI is InChI=1S/C9H10.2C2H6O/c1-2-5-9-7-3-6-8(9)4-1;1-3-2;1-2-3/h1-2,4-5H,3,6-7H2;1-2H3;3H,2H2,1H3. The van der Waals surface area contributed by atoms with Gasteiger partial charge in [-0.25, -0.2) is 0 Å². The zero-order valence-electron chi connectivity index (χ0n) is 9.99. The van der Waals surface area contributed by atoms with E-state index >= 15 is 0 Å². The lowest BCUT2D eigenvalue weighted by atomic mass is 10.1. The fourth-order valence-electron chi connectivity index (χ4n) is 1.51. The minimum Gasteiger partial charge on any atom is -0.397 e. The van der Waals surface area contributed by atoms with Crippen LogP contribution in [0.2, 0.25) is 0 Å². The van der Waals surface area contributed by atoms with Crippen LogP contribution in [0.25, 0.3) is 0 Å². The zero-order valence-corrected chi connectivity index (χ0v) is 9.99. The molecule has 2 heteroatoms. The van der Waals surface area contributed by atoms with Gasteiger partial charge in [0.1, 0.15) is 0 Å². The Hall–Kier alpha value is -0.860. The van der Waals surface area contributed by atoms with Crippen molar-refractivity contribution in [3.63, 3.8) is 0 Å². The lowest BCUT2D eigenvalue weighted by Gasteiger charge is -1.93. The maximum Gasteiger partial charge on any atom is 0.0402 e. The zero-order chi connectivity index (χ0) is 11.5. The first kappa shape index (κ1) is 14.1. The molecule has 0 aliphatic heterocycles. The molecule has 2 nitrogen and oxygen atoms in total. The molecule has 0 aromatic heterocycles. The topological polar surface area (TPSA) is 29.5 Å². The molecule has 0 saturated carbocycles. The van der Waals surface area contributed by atoms with E-state index < -0.39 is 0 Å². The van der Waals surface area contributed by atoms with Gasteiger partial charge in [-0.3, -0.25) is 0 Å². The number of aliphatic hydroxyl groups is 1. The molecule has 0 spiro atoms. The van der Waals surface area contributed by atoms with Crippen molar-refractivity contribution in [3.8, 4) is 0 Å². The Morgan fingerprint density at radius 2 is 1.47 bits per heavy atom. The highest BCUT2D eigenvalue weighted by Gasteiger charge is 2.07. The molecule has 1 aliphatic rings. The molecule has 0 amide bonds. The molecule has 0 heterocycles. The third kappa shape index (κ3) is 6.26. The summed E-state index contributed by atoms with van der Waals surface area (Å²) in [7, 11) is 3.25. The van der Waals surface area contributed by atoms with Gasteiger partial charge in [0.2, 0.25) is 0 Å². The summed E-state index contributed by atoms with van der Waals surface area (Å²) in [6.07, 6.45) is 3.96. The summed E-state index contributed by atoms with van der Waals surface area (Å²) >= 11 is 0. The van der Waals surface area contributed by atoms with Gasteiger partial charge in [0.05, 0.1) is 0 Å². The average molecular weight is 210 g/mol. The Balaban J connectivity index is 0.000000280. The molecule has 0 fully saturated rings. The second-order valence-corrected chi connectivity index (χ2v) is 3.35. The first-order valence-corrected chi connectivity index (χ1v) is 5.37. The van der Waals surface area contributed by atoms with Crippen LogP contribution < -0.4 is 0 Å². The van der Waals surface area contributed by atoms with Crippen LogP contribution in [0.4, 0.5) is 0 Å². The van der Waals surface area contributed by atoms with Crippen LogP contribution in [0, 0.1) is 0 Å². The van der Waals surface area contributed by atoms with Crippen LogP contribution in [0.3, 0.4) is 0 Å². The van der Waals surface area contributed by atoms with Gasteiger partial charge in [-0.2, -0.15) is 0 Å². The van der Waals surface area contributed by atoms with Crippen molar-refractivity contribution in [1.82, 2.24) is 0 Å². The highest BCUT2D eigenvalue weighted by atomic mass is 16.4. The minimum absolute atomic E-state index is 0.250. The molecule has 0 bridgehead atoms. The first-order chi connectivity index (χ1) is 7.29. The predicted molar refractivity (Wildman–Crippen MR) is 64.2 cm³/mol. The molecule has 1 N–H and O–H groups in total. The van der Waals surface area contributed by atoms with Crippen molar-refractivity contribution < 1.29 is 9.84 Å². The molecule has 1 aromatic carbocycles. The number of methoxy groups -OCH3 is 1. The lowest BCUT2D eigenvalue weighted by molar-refractivity contribution is 0.277. The highest BCUT2D eigenvalue weighted by Crippen LogP contribution is 2.20. The van der Waals surface area contributed by atoms with Crippen molar-refractivity contribution in [2.24, 2.45) is 0 Å². The summed E-state index contributed by atoms with van der Waals surface area (Å²) in [5, 5.41) is 7.57. The number of fused-ring (bicyclic) bond motifs is 1. The minimum atomic E-state index is 0.250. The molecule has 1 aromatic rings. The van der Waals surface area contributed by atoms with Crippen molar-refractivity contribution in [3.05, 3.63) is 35.4 Å². The summed E-state index contributed by atoms with van der Waals surface area (Å²) in [5.41, 5.74) is 3.13. The Bertz CT molecular complexity index is 221. The van der Waals surface area contributed by atoms with Crippen LogP contribution in [0.15, 0.2) is 24.3 Å². The molecule has 0 unspecified atom stereocenters. The predicted octanol–water partition coefficient (Wildman–Crippen LogP) is 2.44. The van der Waals surface area contributed by atoms with Crippen LogP contribution in [0.5, 0.6) is 0 Å². The summed E-state index contributed by atoms with van der Waals surface area (Å²) in [4.78, 5) is 0. The second kappa shape index (κ2) is 9.69. The summed E-state index contributed by atoms with van der Waals surface area (Å²) in [5.74, 6) is 0. The quantitative estimate of drug-likeness (QED) is 0.712. The number of hydrogen-bond donors (Lipinski definition) is 1. The van der Waals surface area contributed by atoms with E-state index in [1.165, 1.54) is 19.3 Å². The largest absolute Gasteiger partial charge is 0.397 e. The Morgan fingerprint density at radius 3 is 1.80 bits per heavy atom. The smallest absolute Gasteiger partial charge is 0.0402 e. The van der Waals surface area contributed by atoms with E-state index in [2.05, 4.69) is 29.0 Å². The van der Waals surface area contributed by atoms with Gasteiger partial charge in [0.25, 0.3) is 0 Å². The van der Waals surface area contributed by atoms with Crippen LogP contribution in [0.1, 0.15) is 24.5 Å². The molecule has 2 rings (SSSR count). The molecule has 15 heavy (non-hydrogen) atoms. The van der Waals surface area contributed by atoms with Gasteiger partial charge in [-0.15, -0.1) is 0 Å². The van der Waals surface area contributed by atoms with Gasteiger partial charge in [-0.1, -0.05) is 24.3 Å². The monoisotopic (exact) mass is 210 g/mol. The van der Waals surface area contributed by atoms with E-state index in [1.54, 1.807) is 32.3 Å². The number of hydrogen-bond acceptors (Lipinski definition) is 2. The van der Waals surface area contributed by atoms with Gasteiger partial charge >= 0.3 is 0 Å². The van der Waals surface area contributed by atoms with Crippen LogP contribution >= 0.6 is 0 Å². The fourth-order valence-corrected chi connectivity index (χ4v) is 1.51. The van der Waals surface area contributed by atoms with Crippen LogP contribution in [-0.4, -0.2) is 25.9 Å². The summed E-state index contributed by atoms with van der Waals surface area (Å²) < 4.78 is 4.25. The maximum atomic E-state index is 7.57. The molecule has 1 aliphatic carbocycles. The number of benzene rings is 1. The van der Waals surface area contributed by atoms with Crippen molar-refractivity contribution in [2.45, 2.75) is 26.2 Å². The highest BCUT2D eigenvalue weighted by molar-refractivity contribution is 5.30. The molecular weight excluding hydrogens is 188 g/mol. The fraction of sp³-hybridized carbons (Fsp3) is 0.538. The lowest BCUT2D eigenvalue weighted by Crippen LogP contribution is -1.77. The molecule has 0 atom stereocenters. The Labute approximate surface area is 92.9 Å². The molecule has 0 radical (unpaired) electrons. The SMILES string of the molecule is CCO.COC.c1ccc2c(c1)CCC2. The average Bonchev–Trinajstić information content (AvgIpc) is 2.67. The van der Waals surface area contributed by atoms with Gasteiger partial charge in [0, 0.05) is 20.8 Å². The first-order valence-electron chi connectivity index (χ1n) is 5.37. The van der Waals surface area contributed by atoms with Gasteiger partial charge in [0.15, 0.2) is 0 Å². The van der Waals surface area contributed by atoms with Crippen molar-refractivity contribution in [2.75, 3.05) is 20.8 Å². The third-order valence-corrected chi connectivity index (χ3v) is 2.01. The van der Waals surface area contributed by atoms with Crippen molar-refractivity contribution in [1.29, 1.82) is 0 Å². The van der Waals surface area contributed by atoms with E-state index in [0.717, 1.165) is 0 Å². The third-order valence-electron chi connectivity index (χ3n) is 2.01. The Morgan fingerprint density at radius 1 is 1.13 bits per heavy atom. The number of rotatable bonds is 0. The van der Waals surface area contributed by atoms with Crippen LogP contribution in [-0.2, 0) is 17.6 Å². The second-order valence-electron chi connectivity index (χ2n) is 3.35. The summed E-state index contributed by atoms with van der Waals surface area (Å²) in [6, 6.07) is 8.74. The van der Waals surface area contributed by atoms with E-state index in [9.17, 15) is 0 Å². The number of aliphatic hydroxyl groups excluding tert-OH is 1. The molecule has 86 valence electrons. The van der Waals surface area contributed by atoms with E-state index in [-0.39, 0.29) is 6.61 Å². The van der Waals surface area contributed by atoms with E-state index in [4.69, 9.17) is 5.11 Å². The Kier molecular flexibility index (Phi) is 9.13. The maximum absolute atomic E-state index is 7.57. The molecule has 0 saturated heterocycles. The normalized spacial score (nSPS) is 11.7. The number of ether oxygens (including phenoxy) is 1. The van der Waals surface area contributed by atoms with Crippen molar-refractivity contribution >= 4 is 0 Å².